The van der Waals surface area contributed by atoms with E-state index < -0.39 is 0 Å². The zero-order valence-corrected chi connectivity index (χ0v) is 7.23. The van der Waals surface area contributed by atoms with Crippen LogP contribution in [0.5, 0.6) is 0 Å². The maximum absolute atomic E-state index is 8.36. The molecule has 0 aromatic rings. The van der Waals surface area contributed by atoms with Crippen LogP contribution in [0.1, 0.15) is 6.92 Å². The largest absolute Gasteiger partial charge is 0.483 e. The minimum Gasteiger partial charge on any atom is -0.483 e. The van der Waals surface area contributed by atoms with E-state index in [0.29, 0.717) is 0 Å². The molecule has 0 aromatic heterocycles. The molecule has 4 heteroatoms. The van der Waals surface area contributed by atoms with Crippen LogP contribution in [0.3, 0.4) is 0 Å². The number of carboxylic acid groups (broad SMARTS) is 1. The average Bonchev–Trinajstić information content (AvgIpc) is 1.69. The Morgan fingerprint density at radius 2 is 2.14 bits per heavy atom. The van der Waals surface area contributed by atoms with Gasteiger partial charge in [-0.3, -0.25) is 4.79 Å². The van der Waals surface area contributed by atoms with E-state index >= 15 is 0 Å². The third-order valence-electron chi connectivity index (χ3n) is 0.189. The van der Waals surface area contributed by atoms with Gasteiger partial charge in [0, 0.05) is 0 Å². The molecule has 0 spiro atoms. The lowest BCUT2D eigenvalue weighted by Crippen LogP contribution is -1.60. The van der Waals surface area contributed by atoms with E-state index in [4.69, 9.17) is 9.90 Å². The molecule has 2 nitrogen and oxygen atoms in total. The Kier molecular flexibility index (Phi) is 24.2. The highest BCUT2D eigenvalue weighted by atomic mass is 79.9. The lowest BCUT2D eigenvalue weighted by atomic mass is 11.0. The first kappa shape index (κ1) is 10.7. The maximum atomic E-state index is 8.36. The molecule has 0 amide bonds. The van der Waals surface area contributed by atoms with E-state index in [1.807, 2.05) is 0 Å². The van der Waals surface area contributed by atoms with Crippen LogP contribution in [0.15, 0.2) is 0 Å². The van der Waals surface area contributed by atoms with Crippen LogP contribution >= 0.6 is 12.9 Å². The number of halogens is 1. The van der Waals surface area contributed by atoms with Gasteiger partial charge >= 0.3 is 18.2 Å². The number of hydrogen-bond acceptors (Lipinski definition) is 1. The SMILES string of the molecule is C[CH2][Mg][Br].O=CO. The average molecular weight is 179 g/mol. The zero-order valence-electron chi connectivity index (χ0n) is 4.22. The van der Waals surface area contributed by atoms with E-state index in [2.05, 4.69) is 19.8 Å². The third-order valence-corrected chi connectivity index (χ3v) is 2.95. The molecule has 0 rings (SSSR count). The zero-order chi connectivity index (χ0) is 6.12. The third kappa shape index (κ3) is 50.7. The first-order valence-corrected chi connectivity index (χ1v) is 6.87. The monoisotopic (exact) mass is 178 g/mol. The number of carbonyl (C=O) groups is 1. The molecule has 0 atom stereocenters. The Bertz CT molecular complexity index is 32.1. The summed E-state index contributed by atoms with van der Waals surface area (Å²) >= 11 is 3.62. The molecule has 0 fully saturated rings. The summed E-state index contributed by atoms with van der Waals surface area (Å²) < 4.78 is 1.38. The van der Waals surface area contributed by atoms with Gasteiger partial charge in [0.2, 0.25) is 0 Å². The molecule has 0 aliphatic carbocycles. The number of rotatable bonds is 1. The van der Waals surface area contributed by atoms with Gasteiger partial charge in [-0.25, -0.2) is 0 Å². The summed E-state index contributed by atoms with van der Waals surface area (Å²) in [6.07, 6.45) is 0. The summed E-state index contributed by atoms with van der Waals surface area (Å²) in [5, 5.41) is 6.89. The number of hydrogen-bond donors (Lipinski definition) is 1. The summed E-state index contributed by atoms with van der Waals surface area (Å²) in [5.41, 5.74) is 0. The van der Waals surface area contributed by atoms with E-state index in [9.17, 15) is 0 Å². The van der Waals surface area contributed by atoms with Crippen LogP contribution in [0.2, 0.25) is 4.55 Å². The molecule has 7 heavy (non-hydrogen) atoms. The fraction of sp³-hybridized carbons (Fsp3) is 0.667. The lowest BCUT2D eigenvalue weighted by molar-refractivity contribution is -0.122. The standard InChI is InChI=1S/C2H5.CH2O2.BrH.Mg/c1-2;2-1-3;;/h1H2,2H3;1H,(H,2,3);1H;/q;;;+1/p-1. The highest BCUT2D eigenvalue weighted by Gasteiger charge is 1.73. The summed E-state index contributed by atoms with van der Waals surface area (Å²) in [4.78, 5) is 8.36. The van der Waals surface area contributed by atoms with E-state index in [1.165, 1.54) is 4.55 Å². The molecular formula is C3H7BrMgO2. The van der Waals surface area contributed by atoms with Crippen LogP contribution in [0.25, 0.3) is 0 Å². The second-order valence-electron chi connectivity index (χ2n) is 0.794. The van der Waals surface area contributed by atoms with Crippen molar-refractivity contribution in [2.45, 2.75) is 11.5 Å². The summed E-state index contributed by atoms with van der Waals surface area (Å²) in [5.74, 6) is 0. The molecule has 0 heterocycles. The molecule has 0 radical (unpaired) electrons. The Morgan fingerprint density at radius 1 is 2.00 bits per heavy atom. The predicted molar refractivity (Wildman–Crippen MR) is 33.9 cm³/mol. The van der Waals surface area contributed by atoms with Gasteiger partial charge in [-0.1, -0.05) is 6.92 Å². The van der Waals surface area contributed by atoms with Crippen LogP contribution in [-0.2, 0) is 4.79 Å². The minimum absolute atomic E-state index is 0.237. The van der Waals surface area contributed by atoms with Gasteiger partial charge in [-0.2, -0.15) is 0 Å². The maximum Gasteiger partial charge on any atom is 0.468 e. The second-order valence-corrected chi connectivity index (χ2v) is 4.55. The van der Waals surface area contributed by atoms with Gasteiger partial charge in [0.05, 0.1) is 0 Å². The first-order valence-electron chi connectivity index (χ1n) is 1.97. The Labute approximate surface area is 58.9 Å². The van der Waals surface area contributed by atoms with Crippen molar-refractivity contribution >= 4 is 37.5 Å². The van der Waals surface area contributed by atoms with Crippen molar-refractivity contribution in [1.82, 2.24) is 0 Å². The topological polar surface area (TPSA) is 37.3 Å². The molecule has 0 bridgehead atoms. The fourth-order valence-electron chi connectivity index (χ4n) is 0. The predicted octanol–water partition coefficient (Wildman–Crippen LogP) is 1.14. The highest BCUT2D eigenvalue weighted by molar-refractivity contribution is 9.23. The van der Waals surface area contributed by atoms with Crippen molar-refractivity contribution in [2.75, 3.05) is 0 Å². The molecule has 0 unspecified atom stereocenters. The second kappa shape index (κ2) is 15.9. The van der Waals surface area contributed by atoms with E-state index in [1.54, 1.807) is 0 Å². The Morgan fingerprint density at radius 3 is 2.14 bits per heavy atom. The van der Waals surface area contributed by atoms with Gasteiger partial charge in [0.25, 0.3) is 6.47 Å². The highest BCUT2D eigenvalue weighted by Crippen LogP contribution is 1.77. The smallest absolute Gasteiger partial charge is 0.468 e. The van der Waals surface area contributed by atoms with Crippen LogP contribution in [0, 0.1) is 0 Å². The molecule has 0 saturated carbocycles. The molecular weight excluding hydrogens is 172 g/mol. The molecule has 1 N–H and O–H groups in total. The van der Waals surface area contributed by atoms with Crippen molar-refractivity contribution in [1.29, 1.82) is 0 Å². The fourth-order valence-corrected chi connectivity index (χ4v) is 0. The van der Waals surface area contributed by atoms with Gasteiger partial charge in [-0.15, -0.1) is 4.55 Å². The minimum atomic E-state index is -0.250. The van der Waals surface area contributed by atoms with Gasteiger partial charge in [0.15, 0.2) is 0 Å². The van der Waals surface area contributed by atoms with Gasteiger partial charge in [0.1, 0.15) is 0 Å². The molecule has 0 aliphatic heterocycles. The van der Waals surface area contributed by atoms with E-state index in [0.717, 1.165) is 0 Å². The van der Waals surface area contributed by atoms with Gasteiger partial charge < -0.3 is 18.0 Å². The van der Waals surface area contributed by atoms with Crippen molar-refractivity contribution in [3.63, 3.8) is 0 Å². The van der Waals surface area contributed by atoms with E-state index in [-0.39, 0.29) is 24.7 Å². The Hall–Kier alpha value is 0.716. The summed E-state index contributed by atoms with van der Waals surface area (Å²) in [6, 6.07) is 0. The van der Waals surface area contributed by atoms with Gasteiger partial charge in [-0.05, 0) is 0 Å². The summed E-state index contributed by atoms with van der Waals surface area (Å²) in [7, 11) is 0. The van der Waals surface area contributed by atoms with Crippen molar-refractivity contribution in [3.8, 4) is 0 Å². The van der Waals surface area contributed by atoms with Crippen molar-refractivity contribution < 1.29 is 9.90 Å². The summed E-state index contributed by atoms with van der Waals surface area (Å²) in [6.45, 7) is 1.95. The van der Waals surface area contributed by atoms with Crippen molar-refractivity contribution in [2.24, 2.45) is 0 Å². The lowest BCUT2D eigenvalue weighted by Gasteiger charge is -1.59. The first-order chi connectivity index (χ1) is 3.33. The Balaban J connectivity index is 0. The van der Waals surface area contributed by atoms with Crippen LogP contribution < -0.4 is 0 Å². The molecule has 0 saturated heterocycles. The molecule has 0 aliphatic rings. The normalized spacial score (nSPS) is 4.86. The van der Waals surface area contributed by atoms with Crippen LogP contribution in [0.4, 0.5) is 0 Å². The van der Waals surface area contributed by atoms with Crippen molar-refractivity contribution in [3.05, 3.63) is 0 Å². The quantitative estimate of drug-likeness (QED) is 0.484. The van der Waals surface area contributed by atoms with Crippen LogP contribution in [-0.4, -0.2) is 29.8 Å². The molecule has 0 aromatic carbocycles. The molecule has 40 valence electrons.